The summed E-state index contributed by atoms with van der Waals surface area (Å²) in [5.74, 6) is 0. The molecule has 1 aromatic rings. The molecule has 0 aliphatic rings. The zero-order chi connectivity index (χ0) is 8.65. The minimum absolute atomic E-state index is 0. The van der Waals surface area contributed by atoms with Gasteiger partial charge in [0.15, 0.2) is 0 Å². The van der Waals surface area contributed by atoms with Crippen LogP contribution in [0, 0.1) is 0 Å². The highest BCUT2D eigenvalue weighted by atomic mass is 35.5. The van der Waals surface area contributed by atoms with Crippen molar-refractivity contribution >= 4 is 18.1 Å². The average molecular weight is 202 g/mol. The first-order chi connectivity index (χ1) is 5.93. The third-order valence-electron chi connectivity index (χ3n) is 1.55. The van der Waals surface area contributed by atoms with Crippen molar-refractivity contribution in [3.05, 3.63) is 30.3 Å². The quantitative estimate of drug-likeness (QED) is 0.740. The van der Waals surface area contributed by atoms with Crippen molar-refractivity contribution in [3.63, 3.8) is 0 Å². The molecular formula is C10H16ClNO. The summed E-state index contributed by atoms with van der Waals surface area (Å²) in [6, 6.07) is 10.1. The Bertz CT molecular complexity index is 203. The Hall–Kier alpha value is -0.730. The predicted molar refractivity (Wildman–Crippen MR) is 58.7 cm³/mol. The fourth-order valence-electron chi connectivity index (χ4n) is 0.968. The van der Waals surface area contributed by atoms with Crippen LogP contribution in [0.4, 0.5) is 5.69 Å². The van der Waals surface area contributed by atoms with E-state index in [1.54, 1.807) is 0 Å². The van der Waals surface area contributed by atoms with Gasteiger partial charge in [-0.05, 0) is 19.1 Å². The summed E-state index contributed by atoms with van der Waals surface area (Å²) in [6.45, 7) is 4.43. The summed E-state index contributed by atoms with van der Waals surface area (Å²) in [7, 11) is 0. The Morgan fingerprint density at radius 3 is 2.54 bits per heavy atom. The van der Waals surface area contributed by atoms with E-state index in [4.69, 9.17) is 4.74 Å². The van der Waals surface area contributed by atoms with Crippen LogP contribution in [0.15, 0.2) is 30.3 Å². The fraction of sp³-hybridized carbons (Fsp3) is 0.400. The largest absolute Gasteiger partial charge is 0.383 e. The lowest BCUT2D eigenvalue weighted by atomic mass is 10.3. The lowest BCUT2D eigenvalue weighted by Crippen LogP contribution is -2.08. The lowest BCUT2D eigenvalue weighted by Gasteiger charge is -2.05. The first kappa shape index (κ1) is 12.3. The van der Waals surface area contributed by atoms with E-state index in [0.29, 0.717) is 0 Å². The molecule has 1 rings (SSSR count). The van der Waals surface area contributed by atoms with Crippen LogP contribution in [0.1, 0.15) is 6.92 Å². The molecule has 0 saturated heterocycles. The van der Waals surface area contributed by atoms with E-state index in [9.17, 15) is 0 Å². The van der Waals surface area contributed by atoms with E-state index in [-0.39, 0.29) is 12.4 Å². The number of halogens is 1. The molecule has 0 amide bonds. The Balaban J connectivity index is 0.00000144. The number of nitrogens with one attached hydrogen (secondary N) is 1. The van der Waals surface area contributed by atoms with Crippen LogP contribution in [0.2, 0.25) is 0 Å². The first-order valence-corrected chi connectivity index (χ1v) is 4.30. The molecule has 1 N–H and O–H groups in total. The van der Waals surface area contributed by atoms with Crippen molar-refractivity contribution in [1.82, 2.24) is 0 Å². The standard InChI is InChI=1S/C10H15NO.ClH/c1-2-12-9-8-11-10-6-4-3-5-7-10;/h3-7,11H,2,8-9H2,1H3;1H. The van der Waals surface area contributed by atoms with Crippen LogP contribution >= 0.6 is 12.4 Å². The number of hydrogen-bond donors (Lipinski definition) is 1. The van der Waals surface area contributed by atoms with Crippen molar-refractivity contribution in [1.29, 1.82) is 0 Å². The highest BCUT2D eigenvalue weighted by molar-refractivity contribution is 5.85. The third-order valence-corrected chi connectivity index (χ3v) is 1.55. The molecule has 3 heteroatoms. The van der Waals surface area contributed by atoms with Gasteiger partial charge >= 0.3 is 0 Å². The SMILES string of the molecule is CCOCCNc1ccccc1.Cl. The number of ether oxygens (including phenoxy) is 1. The second-order valence-corrected chi connectivity index (χ2v) is 2.49. The Kier molecular flexibility index (Phi) is 7.45. The molecule has 74 valence electrons. The summed E-state index contributed by atoms with van der Waals surface area (Å²) >= 11 is 0. The number of benzene rings is 1. The van der Waals surface area contributed by atoms with Crippen molar-refractivity contribution in [2.24, 2.45) is 0 Å². The molecule has 0 unspecified atom stereocenters. The van der Waals surface area contributed by atoms with Crippen LogP contribution < -0.4 is 5.32 Å². The van der Waals surface area contributed by atoms with Crippen LogP contribution in [-0.4, -0.2) is 19.8 Å². The monoisotopic (exact) mass is 201 g/mol. The third kappa shape index (κ3) is 5.50. The fourth-order valence-corrected chi connectivity index (χ4v) is 0.968. The molecule has 0 aliphatic heterocycles. The predicted octanol–water partition coefficient (Wildman–Crippen LogP) is 2.56. The van der Waals surface area contributed by atoms with Gasteiger partial charge in [0.2, 0.25) is 0 Å². The highest BCUT2D eigenvalue weighted by Gasteiger charge is 1.87. The summed E-state index contributed by atoms with van der Waals surface area (Å²) in [6.07, 6.45) is 0. The van der Waals surface area contributed by atoms with E-state index >= 15 is 0 Å². The van der Waals surface area contributed by atoms with Gasteiger partial charge in [0.25, 0.3) is 0 Å². The maximum absolute atomic E-state index is 5.19. The van der Waals surface area contributed by atoms with Crippen LogP contribution in [0.3, 0.4) is 0 Å². The second kappa shape index (κ2) is 7.90. The summed E-state index contributed by atoms with van der Waals surface area (Å²) < 4.78 is 5.19. The molecule has 0 saturated carbocycles. The van der Waals surface area contributed by atoms with E-state index < -0.39 is 0 Å². The number of para-hydroxylation sites is 1. The minimum Gasteiger partial charge on any atom is -0.383 e. The van der Waals surface area contributed by atoms with Gasteiger partial charge in [-0.15, -0.1) is 12.4 Å². The Morgan fingerprint density at radius 2 is 1.92 bits per heavy atom. The average Bonchev–Trinajstić information content (AvgIpc) is 2.14. The van der Waals surface area contributed by atoms with Gasteiger partial charge in [0.05, 0.1) is 6.61 Å². The van der Waals surface area contributed by atoms with Gasteiger partial charge in [-0.3, -0.25) is 0 Å². The molecule has 13 heavy (non-hydrogen) atoms. The van der Waals surface area contributed by atoms with Crippen LogP contribution in [0.5, 0.6) is 0 Å². The molecule has 0 atom stereocenters. The molecule has 0 spiro atoms. The van der Waals surface area contributed by atoms with Gasteiger partial charge in [0.1, 0.15) is 0 Å². The van der Waals surface area contributed by atoms with Gasteiger partial charge < -0.3 is 10.1 Å². The Labute approximate surface area is 85.7 Å². The highest BCUT2D eigenvalue weighted by Crippen LogP contribution is 2.03. The first-order valence-electron chi connectivity index (χ1n) is 4.30. The molecule has 0 heterocycles. The van der Waals surface area contributed by atoms with Gasteiger partial charge in [-0.1, -0.05) is 18.2 Å². The molecule has 0 fully saturated rings. The minimum atomic E-state index is 0. The molecule has 0 radical (unpaired) electrons. The number of hydrogen-bond acceptors (Lipinski definition) is 2. The zero-order valence-electron chi connectivity index (χ0n) is 7.82. The maximum atomic E-state index is 5.19. The zero-order valence-corrected chi connectivity index (χ0v) is 8.64. The number of rotatable bonds is 5. The van der Waals surface area contributed by atoms with Crippen molar-refractivity contribution in [2.75, 3.05) is 25.1 Å². The molecule has 0 aromatic heterocycles. The van der Waals surface area contributed by atoms with Crippen LogP contribution in [-0.2, 0) is 4.74 Å². The lowest BCUT2D eigenvalue weighted by molar-refractivity contribution is 0.158. The summed E-state index contributed by atoms with van der Waals surface area (Å²) in [5, 5.41) is 3.25. The van der Waals surface area contributed by atoms with E-state index in [1.807, 2.05) is 37.3 Å². The van der Waals surface area contributed by atoms with Crippen molar-refractivity contribution in [2.45, 2.75) is 6.92 Å². The number of anilines is 1. The van der Waals surface area contributed by atoms with E-state index in [0.717, 1.165) is 25.4 Å². The maximum Gasteiger partial charge on any atom is 0.0638 e. The van der Waals surface area contributed by atoms with E-state index in [1.165, 1.54) is 0 Å². The molecule has 0 bridgehead atoms. The molecule has 0 aliphatic carbocycles. The molecule has 2 nitrogen and oxygen atoms in total. The van der Waals surface area contributed by atoms with Gasteiger partial charge in [-0.25, -0.2) is 0 Å². The van der Waals surface area contributed by atoms with Crippen LogP contribution in [0.25, 0.3) is 0 Å². The Morgan fingerprint density at radius 1 is 1.23 bits per heavy atom. The van der Waals surface area contributed by atoms with Crippen molar-refractivity contribution in [3.8, 4) is 0 Å². The molecule has 1 aromatic carbocycles. The smallest absolute Gasteiger partial charge is 0.0638 e. The van der Waals surface area contributed by atoms with Crippen molar-refractivity contribution < 1.29 is 4.74 Å². The second-order valence-electron chi connectivity index (χ2n) is 2.49. The van der Waals surface area contributed by atoms with Gasteiger partial charge in [0, 0.05) is 18.8 Å². The van der Waals surface area contributed by atoms with Gasteiger partial charge in [-0.2, -0.15) is 0 Å². The van der Waals surface area contributed by atoms with E-state index in [2.05, 4.69) is 5.32 Å². The normalized spacial score (nSPS) is 9.00. The molecular weight excluding hydrogens is 186 g/mol. The summed E-state index contributed by atoms with van der Waals surface area (Å²) in [4.78, 5) is 0. The summed E-state index contributed by atoms with van der Waals surface area (Å²) in [5.41, 5.74) is 1.15. The topological polar surface area (TPSA) is 21.3 Å².